The summed E-state index contributed by atoms with van der Waals surface area (Å²) in [5, 5.41) is 0. The van der Waals surface area contributed by atoms with Crippen LogP contribution in [0, 0.1) is 0 Å². The molecule has 0 amide bonds. The maximum atomic E-state index is 5.42. The molecule has 0 fully saturated rings. The molecule has 0 bridgehead atoms. The third kappa shape index (κ3) is 3.18. The molecule has 1 aromatic heterocycles. The number of aromatic nitrogens is 2. The van der Waals surface area contributed by atoms with Crippen LogP contribution in [0.25, 0.3) is 11.0 Å². The SMILES string of the molecule is CC(C)(C)OCONn1cnc2ccccc21. The van der Waals surface area contributed by atoms with Crippen LogP contribution in [0.4, 0.5) is 0 Å². The Balaban J connectivity index is 1.91. The van der Waals surface area contributed by atoms with Gasteiger partial charge >= 0.3 is 0 Å². The second-order valence-corrected chi connectivity index (χ2v) is 4.71. The van der Waals surface area contributed by atoms with Gasteiger partial charge in [-0.2, -0.15) is 5.59 Å². The van der Waals surface area contributed by atoms with Gasteiger partial charge in [0.15, 0.2) is 6.79 Å². The van der Waals surface area contributed by atoms with Gasteiger partial charge in [0.2, 0.25) is 0 Å². The molecule has 0 aliphatic heterocycles. The van der Waals surface area contributed by atoms with Crippen molar-refractivity contribution in [3.05, 3.63) is 30.6 Å². The van der Waals surface area contributed by atoms with E-state index in [0.717, 1.165) is 11.0 Å². The Kier molecular flexibility index (Phi) is 3.31. The fraction of sp³-hybridized carbons (Fsp3) is 0.417. The molecule has 1 N–H and O–H groups in total. The molecule has 0 saturated carbocycles. The first-order valence-corrected chi connectivity index (χ1v) is 5.50. The molecule has 2 rings (SSSR count). The van der Waals surface area contributed by atoms with Gasteiger partial charge in [-0.3, -0.25) is 0 Å². The van der Waals surface area contributed by atoms with Crippen molar-refractivity contribution in [3.8, 4) is 0 Å². The molecule has 1 heterocycles. The Hall–Kier alpha value is -1.59. The summed E-state index contributed by atoms with van der Waals surface area (Å²) in [5.41, 5.74) is 4.44. The second kappa shape index (κ2) is 4.73. The number of nitrogens with one attached hydrogen (secondary N) is 1. The van der Waals surface area contributed by atoms with E-state index in [9.17, 15) is 0 Å². The van der Waals surface area contributed by atoms with E-state index in [4.69, 9.17) is 9.57 Å². The zero-order valence-electron chi connectivity index (χ0n) is 10.3. The number of hydrogen-bond donors (Lipinski definition) is 1. The van der Waals surface area contributed by atoms with Crippen LogP contribution < -0.4 is 5.59 Å². The molecule has 5 nitrogen and oxygen atoms in total. The van der Waals surface area contributed by atoms with Crippen molar-refractivity contribution in [1.82, 2.24) is 9.66 Å². The average molecular weight is 235 g/mol. The molecular weight excluding hydrogens is 218 g/mol. The van der Waals surface area contributed by atoms with E-state index in [1.165, 1.54) is 0 Å². The van der Waals surface area contributed by atoms with Crippen LogP contribution in [0.3, 0.4) is 0 Å². The van der Waals surface area contributed by atoms with E-state index in [2.05, 4.69) is 10.6 Å². The zero-order valence-corrected chi connectivity index (χ0v) is 10.3. The molecule has 0 spiro atoms. The largest absolute Gasteiger partial charge is 0.347 e. The third-order valence-electron chi connectivity index (χ3n) is 2.17. The van der Waals surface area contributed by atoms with Crippen molar-refractivity contribution < 1.29 is 9.57 Å². The highest BCUT2D eigenvalue weighted by Gasteiger charge is 2.09. The molecule has 0 unspecified atom stereocenters. The van der Waals surface area contributed by atoms with E-state index in [1.807, 2.05) is 45.0 Å². The first-order chi connectivity index (χ1) is 8.06. The number of nitrogens with zero attached hydrogens (tertiary/aromatic N) is 2. The summed E-state index contributed by atoms with van der Waals surface area (Å²) in [6.07, 6.45) is 1.67. The minimum Gasteiger partial charge on any atom is -0.347 e. The number of benzene rings is 1. The van der Waals surface area contributed by atoms with Crippen molar-refractivity contribution in [3.63, 3.8) is 0 Å². The van der Waals surface area contributed by atoms with Gasteiger partial charge in [-0.05, 0) is 32.9 Å². The van der Waals surface area contributed by atoms with E-state index < -0.39 is 0 Å². The number of para-hydroxylation sites is 2. The van der Waals surface area contributed by atoms with Crippen molar-refractivity contribution in [2.75, 3.05) is 12.4 Å². The maximum absolute atomic E-state index is 5.42. The Morgan fingerprint density at radius 1 is 1.29 bits per heavy atom. The first kappa shape index (κ1) is 11.9. The maximum Gasteiger partial charge on any atom is 0.175 e. The van der Waals surface area contributed by atoms with Crippen LogP contribution in [0.1, 0.15) is 20.8 Å². The highest BCUT2D eigenvalue weighted by molar-refractivity contribution is 5.75. The quantitative estimate of drug-likeness (QED) is 0.502. The van der Waals surface area contributed by atoms with Gasteiger partial charge in [-0.15, -0.1) is 0 Å². The van der Waals surface area contributed by atoms with Gasteiger partial charge in [0, 0.05) is 0 Å². The Bertz CT molecular complexity index is 488. The molecule has 0 radical (unpaired) electrons. The van der Waals surface area contributed by atoms with Gasteiger partial charge in [-0.25, -0.2) is 14.5 Å². The van der Waals surface area contributed by atoms with Crippen molar-refractivity contribution in [1.29, 1.82) is 0 Å². The number of ether oxygens (including phenoxy) is 1. The smallest absolute Gasteiger partial charge is 0.175 e. The average Bonchev–Trinajstić information content (AvgIpc) is 2.67. The minimum atomic E-state index is -0.210. The molecule has 0 aliphatic rings. The van der Waals surface area contributed by atoms with Gasteiger partial charge in [0.1, 0.15) is 6.33 Å². The summed E-state index contributed by atoms with van der Waals surface area (Å²) in [4.78, 5) is 9.44. The highest BCUT2D eigenvalue weighted by Crippen LogP contribution is 2.10. The molecule has 0 atom stereocenters. The van der Waals surface area contributed by atoms with Gasteiger partial charge < -0.3 is 4.74 Å². The zero-order chi connectivity index (χ0) is 12.3. The van der Waals surface area contributed by atoms with Gasteiger partial charge in [0.25, 0.3) is 0 Å². The normalized spacial score (nSPS) is 11.9. The fourth-order valence-corrected chi connectivity index (χ4v) is 1.33. The summed E-state index contributed by atoms with van der Waals surface area (Å²) in [6, 6.07) is 7.81. The molecule has 92 valence electrons. The first-order valence-electron chi connectivity index (χ1n) is 5.50. The predicted octanol–water partition coefficient (Wildman–Crippen LogP) is 2.28. The van der Waals surface area contributed by atoms with Gasteiger partial charge in [-0.1, -0.05) is 12.1 Å². The summed E-state index contributed by atoms with van der Waals surface area (Å²) in [5.74, 6) is 0. The van der Waals surface area contributed by atoms with Crippen molar-refractivity contribution in [2.24, 2.45) is 0 Å². The lowest BCUT2D eigenvalue weighted by atomic mass is 10.2. The Morgan fingerprint density at radius 3 is 2.82 bits per heavy atom. The van der Waals surface area contributed by atoms with E-state index >= 15 is 0 Å². The topological polar surface area (TPSA) is 48.3 Å². The van der Waals surface area contributed by atoms with Crippen LogP contribution in [-0.4, -0.2) is 22.1 Å². The summed E-state index contributed by atoms with van der Waals surface area (Å²) in [7, 11) is 0. The molecule has 2 aromatic rings. The Labute approximate surface area is 100 Å². The predicted molar refractivity (Wildman–Crippen MR) is 65.9 cm³/mol. The molecule has 5 heteroatoms. The molecule has 0 saturated heterocycles. The van der Waals surface area contributed by atoms with Crippen LogP contribution in [0.15, 0.2) is 30.6 Å². The highest BCUT2D eigenvalue weighted by atomic mass is 16.8. The Morgan fingerprint density at radius 2 is 2.06 bits per heavy atom. The lowest BCUT2D eigenvalue weighted by Crippen LogP contribution is -2.24. The summed E-state index contributed by atoms with van der Waals surface area (Å²) >= 11 is 0. The monoisotopic (exact) mass is 235 g/mol. The lowest BCUT2D eigenvalue weighted by Gasteiger charge is -2.19. The van der Waals surface area contributed by atoms with Crippen molar-refractivity contribution in [2.45, 2.75) is 26.4 Å². The molecule has 0 aliphatic carbocycles. The lowest BCUT2D eigenvalue weighted by molar-refractivity contribution is -0.113. The molecule has 1 aromatic carbocycles. The number of hydrogen-bond acceptors (Lipinski definition) is 4. The third-order valence-corrected chi connectivity index (χ3v) is 2.17. The van der Waals surface area contributed by atoms with Gasteiger partial charge in [0.05, 0.1) is 16.6 Å². The van der Waals surface area contributed by atoms with Crippen LogP contribution in [0.2, 0.25) is 0 Å². The van der Waals surface area contributed by atoms with Crippen LogP contribution in [-0.2, 0) is 9.57 Å². The van der Waals surface area contributed by atoms with Crippen molar-refractivity contribution >= 4 is 11.0 Å². The number of imidazole rings is 1. The van der Waals surface area contributed by atoms with E-state index in [0.29, 0.717) is 0 Å². The number of rotatable bonds is 4. The van der Waals surface area contributed by atoms with Crippen LogP contribution >= 0.6 is 0 Å². The second-order valence-electron chi connectivity index (χ2n) is 4.71. The van der Waals surface area contributed by atoms with Crippen LogP contribution in [0.5, 0.6) is 0 Å². The standard InChI is InChI=1S/C12H17N3O2/c1-12(2,3)16-9-17-14-15-8-13-10-6-4-5-7-11(10)15/h4-8,14H,9H2,1-3H3. The molecular formula is C12H17N3O2. The molecule has 17 heavy (non-hydrogen) atoms. The number of fused-ring (bicyclic) bond motifs is 1. The minimum absolute atomic E-state index is 0.177. The fourth-order valence-electron chi connectivity index (χ4n) is 1.33. The van der Waals surface area contributed by atoms with E-state index in [-0.39, 0.29) is 12.4 Å². The van der Waals surface area contributed by atoms with E-state index in [1.54, 1.807) is 11.0 Å². The summed E-state index contributed by atoms with van der Waals surface area (Å²) in [6.45, 7) is 6.10. The summed E-state index contributed by atoms with van der Waals surface area (Å²) < 4.78 is 7.13.